The number of hydrogen-bond donors (Lipinski definition) is 2. The average molecular weight is 221 g/mol. The second kappa shape index (κ2) is 5.66. The first-order valence-corrected chi connectivity index (χ1v) is 5.53. The molecule has 0 aliphatic rings. The molecule has 1 rings (SSSR count). The van der Waals surface area contributed by atoms with Gasteiger partial charge in [0.1, 0.15) is 6.04 Å². The largest absolute Gasteiger partial charge is 0.480 e. The molecule has 0 aliphatic heterocycles. The topological polar surface area (TPSA) is 49.3 Å². The molecule has 88 valence electrons. The summed E-state index contributed by atoms with van der Waals surface area (Å²) in [6, 6.07) is 7.51. The smallest absolute Gasteiger partial charge is 0.320 e. The molecule has 0 saturated heterocycles. The Morgan fingerprint density at radius 3 is 2.50 bits per heavy atom. The molecule has 3 heteroatoms. The molecule has 0 unspecified atom stereocenters. The molecular formula is C13H19NO2. The lowest BCUT2D eigenvalue weighted by Crippen LogP contribution is -2.40. The first kappa shape index (κ1) is 12.7. The van der Waals surface area contributed by atoms with Gasteiger partial charge >= 0.3 is 5.97 Å². The lowest BCUT2D eigenvalue weighted by Gasteiger charge is -2.18. The SMILES string of the molecule is Cc1ccccc1CN[C@@H](C(=O)O)C(C)C. The second-order valence-corrected chi connectivity index (χ2v) is 4.37. The van der Waals surface area contributed by atoms with E-state index < -0.39 is 12.0 Å². The molecule has 0 radical (unpaired) electrons. The maximum absolute atomic E-state index is 11.0. The highest BCUT2D eigenvalue weighted by atomic mass is 16.4. The molecule has 16 heavy (non-hydrogen) atoms. The Balaban J connectivity index is 2.63. The first-order chi connectivity index (χ1) is 7.52. The molecule has 0 aromatic heterocycles. The van der Waals surface area contributed by atoms with Crippen molar-refractivity contribution in [3.05, 3.63) is 35.4 Å². The summed E-state index contributed by atoms with van der Waals surface area (Å²) in [6.45, 7) is 6.44. The third-order valence-corrected chi connectivity index (χ3v) is 2.71. The summed E-state index contributed by atoms with van der Waals surface area (Å²) in [6.07, 6.45) is 0. The lowest BCUT2D eigenvalue weighted by atomic mass is 10.0. The van der Waals surface area contributed by atoms with Gasteiger partial charge in [0.15, 0.2) is 0 Å². The van der Waals surface area contributed by atoms with Crippen LogP contribution in [0.2, 0.25) is 0 Å². The number of carboxylic acids is 1. The van der Waals surface area contributed by atoms with E-state index in [2.05, 4.69) is 5.32 Å². The highest BCUT2D eigenvalue weighted by molar-refractivity contribution is 5.73. The van der Waals surface area contributed by atoms with Gasteiger partial charge in [0.05, 0.1) is 0 Å². The van der Waals surface area contributed by atoms with Crippen LogP contribution < -0.4 is 5.32 Å². The van der Waals surface area contributed by atoms with Gasteiger partial charge in [0, 0.05) is 6.54 Å². The molecule has 2 N–H and O–H groups in total. The maximum atomic E-state index is 11.0. The summed E-state index contributed by atoms with van der Waals surface area (Å²) >= 11 is 0. The third-order valence-electron chi connectivity index (χ3n) is 2.71. The predicted octanol–water partition coefficient (Wildman–Crippen LogP) is 2.19. The summed E-state index contributed by atoms with van der Waals surface area (Å²) in [5, 5.41) is 12.1. The maximum Gasteiger partial charge on any atom is 0.320 e. The van der Waals surface area contributed by atoms with Gasteiger partial charge in [-0.1, -0.05) is 38.1 Å². The Kier molecular flexibility index (Phi) is 4.50. The van der Waals surface area contributed by atoms with Crippen molar-refractivity contribution in [2.24, 2.45) is 5.92 Å². The molecule has 0 heterocycles. The summed E-state index contributed by atoms with van der Waals surface area (Å²) in [5.74, 6) is -0.704. The number of benzene rings is 1. The van der Waals surface area contributed by atoms with Crippen molar-refractivity contribution in [2.75, 3.05) is 0 Å². The number of nitrogens with one attached hydrogen (secondary N) is 1. The summed E-state index contributed by atoms with van der Waals surface area (Å²) < 4.78 is 0. The summed E-state index contributed by atoms with van der Waals surface area (Å²) in [5.41, 5.74) is 2.33. The van der Waals surface area contributed by atoms with Gasteiger partial charge in [-0.15, -0.1) is 0 Å². The van der Waals surface area contributed by atoms with Crippen LogP contribution >= 0.6 is 0 Å². The standard InChI is InChI=1S/C13H19NO2/c1-9(2)12(13(15)16)14-8-11-7-5-4-6-10(11)3/h4-7,9,12,14H,8H2,1-3H3,(H,15,16)/t12-/m1/s1. The molecule has 0 bridgehead atoms. The fraction of sp³-hybridized carbons (Fsp3) is 0.462. The van der Waals surface area contributed by atoms with E-state index in [4.69, 9.17) is 5.11 Å². The van der Waals surface area contributed by atoms with Crippen LogP contribution in [0.15, 0.2) is 24.3 Å². The van der Waals surface area contributed by atoms with Crippen molar-refractivity contribution in [3.8, 4) is 0 Å². The van der Waals surface area contributed by atoms with Gasteiger partial charge in [0.25, 0.3) is 0 Å². The van der Waals surface area contributed by atoms with Crippen LogP contribution in [0.25, 0.3) is 0 Å². The predicted molar refractivity (Wildman–Crippen MR) is 64.3 cm³/mol. The second-order valence-electron chi connectivity index (χ2n) is 4.37. The Morgan fingerprint density at radius 1 is 1.38 bits per heavy atom. The molecule has 0 aliphatic carbocycles. The molecule has 0 saturated carbocycles. The van der Waals surface area contributed by atoms with Gasteiger partial charge in [-0.2, -0.15) is 0 Å². The number of carboxylic acid groups (broad SMARTS) is 1. The monoisotopic (exact) mass is 221 g/mol. The number of aliphatic carboxylic acids is 1. The van der Waals surface area contributed by atoms with E-state index in [1.807, 2.05) is 45.0 Å². The molecule has 1 aromatic carbocycles. The molecular weight excluding hydrogens is 202 g/mol. The Bertz CT molecular complexity index is 361. The van der Waals surface area contributed by atoms with Crippen LogP contribution in [0.4, 0.5) is 0 Å². The lowest BCUT2D eigenvalue weighted by molar-refractivity contribution is -0.140. The van der Waals surface area contributed by atoms with Crippen molar-refractivity contribution in [1.29, 1.82) is 0 Å². The van der Waals surface area contributed by atoms with Crippen molar-refractivity contribution in [3.63, 3.8) is 0 Å². The van der Waals surface area contributed by atoms with E-state index >= 15 is 0 Å². The van der Waals surface area contributed by atoms with E-state index in [1.54, 1.807) is 0 Å². The summed E-state index contributed by atoms with van der Waals surface area (Å²) in [7, 11) is 0. The van der Waals surface area contributed by atoms with Crippen LogP contribution in [-0.2, 0) is 11.3 Å². The number of hydrogen-bond acceptors (Lipinski definition) is 2. The first-order valence-electron chi connectivity index (χ1n) is 5.53. The fourth-order valence-corrected chi connectivity index (χ4v) is 1.64. The molecule has 0 spiro atoms. The molecule has 1 aromatic rings. The quantitative estimate of drug-likeness (QED) is 0.801. The zero-order chi connectivity index (χ0) is 12.1. The minimum Gasteiger partial charge on any atom is -0.480 e. The molecule has 3 nitrogen and oxygen atoms in total. The van der Waals surface area contributed by atoms with Gasteiger partial charge < -0.3 is 10.4 Å². The zero-order valence-corrected chi connectivity index (χ0v) is 10.0. The van der Waals surface area contributed by atoms with Gasteiger partial charge in [0.2, 0.25) is 0 Å². The zero-order valence-electron chi connectivity index (χ0n) is 10.0. The highest BCUT2D eigenvalue weighted by Crippen LogP contribution is 2.08. The average Bonchev–Trinajstić information content (AvgIpc) is 2.20. The van der Waals surface area contributed by atoms with E-state index in [1.165, 1.54) is 5.56 Å². The minimum atomic E-state index is -0.788. The van der Waals surface area contributed by atoms with Crippen molar-refractivity contribution in [1.82, 2.24) is 5.32 Å². The molecule has 0 fully saturated rings. The fourth-order valence-electron chi connectivity index (χ4n) is 1.64. The molecule has 0 amide bonds. The van der Waals surface area contributed by atoms with Crippen molar-refractivity contribution in [2.45, 2.75) is 33.4 Å². The van der Waals surface area contributed by atoms with Gasteiger partial charge in [-0.25, -0.2) is 0 Å². The van der Waals surface area contributed by atoms with Crippen LogP contribution in [0.3, 0.4) is 0 Å². The minimum absolute atomic E-state index is 0.0847. The van der Waals surface area contributed by atoms with Crippen LogP contribution in [0.1, 0.15) is 25.0 Å². The summed E-state index contributed by atoms with van der Waals surface area (Å²) in [4.78, 5) is 11.0. The van der Waals surface area contributed by atoms with Gasteiger partial charge in [-0.3, -0.25) is 4.79 Å². The van der Waals surface area contributed by atoms with Gasteiger partial charge in [-0.05, 0) is 24.0 Å². The highest BCUT2D eigenvalue weighted by Gasteiger charge is 2.20. The number of aryl methyl sites for hydroxylation is 1. The van der Waals surface area contributed by atoms with E-state index in [9.17, 15) is 4.79 Å². The molecule has 1 atom stereocenters. The van der Waals surface area contributed by atoms with E-state index in [-0.39, 0.29) is 5.92 Å². The normalized spacial score (nSPS) is 12.8. The van der Waals surface area contributed by atoms with E-state index in [0.717, 1.165) is 5.56 Å². The Hall–Kier alpha value is -1.35. The van der Waals surface area contributed by atoms with Crippen molar-refractivity contribution >= 4 is 5.97 Å². The Labute approximate surface area is 96.5 Å². The van der Waals surface area contributed by atoms with E-state index in [0.29, 0.717) is 6.54 Å². The number of rotatable bonds is 5. The Morgan fingerprint density at radius 2 is 2.00 bits per heavy atom. The number of carbonyl (C=O) groups is 1. The third kappa shape index (κ3) is 3.35. The van der Waals surface area contributed by atoms with Crippen LogP contribution in [-0.4, -0.2) is 17.1 Å². The van der Waals surface area contributed by atoms with Crippen molar-refractivity contribution < 1.29 is 9.90 Å². The van der Waals surface area contributed by atoms with Crippen LogP contribution in [0, 0.1) is 12.8 Å². The van der Waals surface area contributed by atoms with Crippen LogP contribution in [0.5, 0.6) is 0 Å².